The Hall–Kier alpha value is -1.68. The molecule has 1 N–H and O–H groups in total. The van der Waals surface area contributed by atoms with Gasteiger partial charge in [0, 0.05) is 5.56 Å². The van der Waals surface area contributed by atoms with E-state index in [4.69, 9.17) is 4.74 Å². The molecule has 0 spiro atoms. The van der Waals surface area contributed by atoms with E-state index >= 15 is 0 Å². The molecule has 0 bridgehead atoms. The van der Waals surface area contributed by atoms with Crippen LogP contribution >= 0.6 is 0 Å². The summed E-state index contributed by atoms with van der Waals surface area (Å²) in [6, 6.07) is 6.23. The number of aryl methyl sites for hydroxylation is 1. The van der Waals surface area contributed by atoms with Gasteiger partial charge in [-0.15, -0.1) is 0 Å². The van der Waals surface area contributed by atoms with E-state index in [2.05, 4.69) is 27.3 Å². The van der Waals surface area contributed by atoms with Crippen LogP contribution in [0.25, 0.3) is 11.4 Å². The Morgan fingerprint density at radius 1 is 1.27 bits per heavy atom. The number of rotatable bonds is 1. The number of fused-ring (bicyclic) bond motifs is 1. The van der Waals surface area contributed by atoms with Crippen LogP contribution in [-0.2, 0) is 18.0 Å². The average molecular weight is 201 g/mol. The van der Waals surface area contributed by atoms with Gasteiger partial charge in [-0.25, -0.2) is 4.98 Å². The summed E-state index contributed by atoms with van der Waals surface area (Å²) in [5.74, 6) is 1.59. The lowest BCUT2D eigenvalue weighted by molar-refractivity contribution is 0.134. The Morgan fingerprint density at radius 3 is 2.93 bits per heavy atom. The Labute approximate surface area is 87.3 Å². The van der Waals surface area contributed by atoms with E-state index in [9.17, 15) is 0 Å². The lowest BCUT2D eigenvalue weighted by atomic mass is 10.1. The summed E-state index contributed by atoms with van der Waals surface area (Å²) >= 11 is 0. The number of hydrogen-bond acceptors (Lipinski definition) is 3. The topological polar surface area (TPSA) is 50.8 Å². The Morgan fingerprint density at radius 2 is 2.13 bits per heavy atom. The minimum absolute atomic E-state index is 0.701. The van der Waals surface area contributed by atoms with Crippen molar-refractivity contribution in [1.82, 2.24) is 15.2 Å². The maximum atomic E-state index is 5.36. The third-order valence-corrected chi connectivity index (χ3v) is 2.58. The maximum absolute atomic E-state index is 5.36. The second-order valence-corrected chi connectivity index (χ2v) is 3.72. The van der Waals surface area contributed by atoms with Crippen molar-refractivity contribution in [2.75, 3.05) is 0 Å². The van der Waals surface area contributed by atoms with Gasteiger partial charge in [0.15, 0.2) is 5.82 Å². The molecular weight excluding hydrogens is 190 g/mol. The highest BCUT2D eigenvalue weighted by Crippen LogP contribution is 2.24. The summed E-state index contributed by atoms with van der Waals surface area (Å²) in [6.07, 6.45) is 0. The van der Waals surface area contributed by atoms with Crippen molar-refractivity contribution in [1.29, 1.82) is 0 Å². The molecular formula is C11H11N3O. The number of hydrogen-bond donors (Lipinski definition) is 1. The van der Waals surface area contributed by atoms with Gasteiger partial charge >= 0.3 is 0 Å². The molecule has 0 aliphatic carbocycles. The van der Waals surface area contributed by atoms with Gasteiger partial charge in [-0.05, 0) is 24.1 Å². The molecule has 2 aromatic rings. The smallest absolute Gasteiger partial charge is 0.181 e. The second-order valence-electron chi connectivity index (χ2n) is 3.72. The normalized spacial score (nSPS) is 14.2. The van der Waals surface area contributed by atoms with E-state index < -0.39 is 0 Å². The van der Waals surface area contributed by atoms with Crippen molar-refractivity contribution in [3.05, 3.63) is 35.2 Å². The first-order valence-corrected chi connectivity index (χ1v) is 4.92. The molecule has 1 aromatic heterocycles. The van der Waals surface area contributed by atoms with Crippen LogP contribution in [0.2, 0.25) is 0 Å². The van der Waals surface area contributed by atoms with Gasteiger partial charge in [-0.3, -0.25) is 5.10 Å². The van der Waals surface area contributed by atoms with Gasteiger partial charge in [0.1, 0.15) is 5.82 Å². The van der Waals surface area contributed by atoms with Crippen molar-refractivity contribution >= 4 is 0 Å². The van der Waals surface area contributed by atoms with E-state index in [1.54, 1.807) is 0 Å². The molecule has 0 atom stereocenters. The molecule has 4 nitrogen and oxygen atoms in total. The Kier molecular flexibility index (Phi) is 1.82. The van der Waals surface area contributed by atoms with E-state index in [0.29, 0.717) is 6.61 Å². The van der Waals surface area contributed by atoms with E-state index in [0.717, 1.165) is 23.8 Å². The highest BCUT2D eigenvalue weighted by atomic mass is 16.5. The average Bonchev–Trinajstić information content (AvgIpc) is 2.84. The standard InChI is InChI=1S/C11H11N3O/c1-7-12-11(14-13-7)8-2-3-9-5-15-6-10(9)4-8/h2-4H,5-6H2,1H3,(H,12,13,14). The van der Waals surface area contributed by atoms with Gasteiger partial charge < -0.3 is 4.74 Å². The molecule has 0 radical (unpaired) electrons. The fraction of sp³-hybridized carbons (Fsp3) is 0.273. The molecule has 2 heterocycles. The zero-order valence-corrected chi connectivity index (χ0v) is 8.45. The van der Waals surface area contributed by atoms with Crippen molar-refractivity contribution in [3.8, 4) is 11.4 Å². The monoisotopic (exact) mass is 201 g/mol. The summed E-state index contributed by atoms with van der Waals surface area (Å²) in [4.78, 5) is 4.30. The first-order valence-electron chi connectivity index (χ1n) is 4.92. The predicted octanol–water partition coefficient (Wildman–Crippen LogP) is 1.81. The number of nitrogens with zero attached hydrogens (tertiary/aromatic N) is 2. The van der Waals surface area contributed by atoms with Crippen molar-refractivity contribution in [2.45, 2.75) is 20.1 Å². The van der Waals surface area contributed by atoms with Crippen LogP contribution in [0, 0.1) is 6.92 Å². The summed E-state index contributed by atoms with van der Waals surface area (Å²) in [7, 11) is 0. The van der Waals surface area contributed by atoms with Crippen molar-refractivity contribution in [2.24, 2.45) is 0 Å². The minimum atomic E-state index is 0.701. The predicted molar refractivity (Wildman–Crippen MR) is 55.0 cm³/mol. The molecule has 15 heavy (non-hydrogen) atoms. The lowest BCUT2D eigenvalue weighted by Crippen LogP contribution is -1.86. The third kappa shape index (κ3) is 1.43. The lowest BCUT2D eigenvalue weighted by Gasteiger charge is -1.99. The fourth-order valence-electron chi connectivity index (χ4n) is 1.78. The quantitative estimate of drug-likeness (QED) is 0.765. The van der Waals surface area contributed by atoms with Gasteiger partial charge in [0.05, 0.1) is 13.2 Å². The summed E-state index contributed by atoms with van der Waals surface area (Å²) in [5.41, 5.74) is 3.56. The van der Waals surface area contributed by atoms with E-state index in [1.807, 2.05) is 13.0 Å². The maximum Gasteiger partial charge on any atom is 0.181 e. The molecule has 0 saturated carbocycles. The van der Waals surface area contributed by atoms with Gasteiger partial charge in [0.2, 0.25) is 0 Å². The van der Waals surface area contributed by atoms with Crippen molar-refractivity contribution < 1.29 is 4.74 Å². The molecule has 0 saturated heterocycles. The number of ether oxygens (including phenoxy) is 1. The molecule has 1 aliphatic rings. The minimum Gasteiger partial charge on any atom is -0.372 e. The van der Waals surface area contributed by atoms with Gasteiger partial charge in [0.25, 0.3) is 0 Å². The van der Waals surface area contributed by atoms with Crippen LogP contribution in [-0.4, -0.2) is 15.2 Å². The first kappa shape index (κ1) is 8.61. The summed E-state index contributed by atoms with van der Waals surface area (Å²) < 4.78 is 5.36. The molecule has 0 unspecified atom stereocenters. The number of nitrogens with one attached hydrogen (secondary N) is 1. The molecule has 1 aromatic carbocycles. The molecule has 4 heteroatoms. The van der Waals surface area contributed by atoms with Crippen molar-refractivity contribution in [3.63, 3.8) is 0 Å². The van der Waals surface area contributed by atoms with Gasteiger partial charge in [-0.2, -0.15) is 5.10 Å². The summed E-state index contributed by atoms with van der Waals surface area (Å²) in [5, 5.41) is 6.98. The molecule has 0 fully saturated rings. The molecule has 3 rings (SSSR count). The van der Waals surface area contributed by atoms with Crippen LogP contribution in [0.5, 0.6) is 0 Å². The highest BCUT2D eigenvalue weighted by molar-refractivity contribution is 5.57. The largest absolute Gasteiger partial charge is 0.372 e. The number of aromatic amines is 1. The summed E-state index contributed by atoms with van der Waals surface area (Å²) in [6.45, 7) is 3.32. The van der Waals surface area contributed by atoms with Crippen LogP contribution in [0.3, 0.4) is 0 Å². The zero-order valence-electron chi connectivity index (χ0n) is 8.45. The van der Waals surface area contributed by atoms with Crippen LogP contribution in [0.4, 0.5) is 0 Å². The SMILES string of the molecule is Cc1nc(-c2ccc3c(c2)COC3)n[nH]1. The second kappa shape index (κ2) is 3.17. The van der Waals surface area contributed by atoms with E-state index in [1.165, 1.54) is 11.1 Å². The molecule has 76 valence electrons. The Balaban J connectivity index is 2.06. The third-order valence-electron chi connectivity index (χ3n) is 2.58. The Bertz CT molecular complexity index is 504. The van der Waals surface area contributed by atoms with Crippen LogP contribution in [0.1, 0.15) is 17.0 Å². The highest BCUT2D eigenvalue weighted by Gasteiger charge is 2.13. The molecule has 0 amide bonds. The van der Waals surface area contributed by atoms with E-state index in [-0.39, 0.29) is 0 Å². The first-order chi connectivity index (χ1) is 7.33. The number of H-pyrrole nitrogens is 1. The molecule has 1 aliphatic heterocycles. The zero-order chi connectivity index (χ0) is 10.3. The number of aromatic nitrogens is 3. The fourth-order valence-corrected chi connectivity index (χ4v) is 1.78. The number of benzene rings is 1. The van der Waals surface area contributed by atoms with Crippen LogP contribution in [0.15, 0.2) is 18.2 Å². The van der Waals surface area contributed by atoms with Gasteiger partial charge in [-0.1, -0.05) is 12.1 Å². The van der Waals surface area contributed by atoms with Crippen LogP contribution < -0.4 is 0 Å².